The van der Waals surface area contributed by atoms with E-state index in [0.29, 0.717) is 17.0 Å². The molecule has 1 saturated carbocycles. The largest absolute Gasteiger partial charge is 0.458 e. The van der Waals surface area contributed by atoms with Crippen molar-refractivity contribution < 1.29 is 14.3 Å². The second-order valence-corrected chi connectivity index (χ2v) is 5.50. The van der Waals surface area contributed by atoms with Gasteiger partial charge in [-0.05, 0) is 44.6 Å². The number of rotatable bonds is 4. The van der Waals surface area contributed by atoms with Gasteiger partial charge in [0.25, 0.3) is 0 Å². The first-order valence-corrected chi connectivity index (χ1v) is 7.44. The summed E-state index contributed by atoms with van der Waals surface area (Å²) >= 11 is 0. The molecule has 2 unspecified atom stereocenters. The highest BCUT2D eigenvalue weighted by Crippen LogP contribution is 2.30. The topological polar surface area (TPSA) is 43.4 Å². The van der Waals surface area contributed by atoms with Gasteiger partial charge >= 0.3 is 5.97 Å². The van der Waals surface area contributed by atoms with Gasteiger partial charge in [0.1, 0.15) is 6.10 Å². The van der Waals surface area contributed by atoms with Gasteiger partial charge in [-0.3, -0.25) is 4.79 Å². The molecule has 2 rings (SSSR count). The SMILES string of the molecule is CCC1CCCCC1OC(=O)c1ccccc1C(C)=O. The fourth-order valence-electron chi connectivity index (χ4n) is 2.96. The summed E-state index contributed by atoms with van der Waals surface area (Å²) < 4.78 is 5.68. The van der Waals surface area contributed by atoms with E-state index in [4.69, 9.17) is 4.74 Å². The second kappa shape index (κ2) is 6.69. The summed E-state index contributed by atoms with van der Waals surface area (Å²) in [5.74, 6) is -0.00780. The molecular formula is C17H22O3. The fourth-order valence-corrected chi connectivity index (χ4v) is 2.96. The maximum atomic E-state index is 12.3. The quantitative estimate of drug-likeness (QED) is 0.615. The van der Waals surface area contributed by atoms with Gasteiger partial charge in [0.05, 0.1) is 5.56 Å². The smallest absolute Gasteiger partial charge is 0.339 e. The molecule has 0 amide bonds. The first kappa shape index (κ1) is 14.8. The summed E-state index contributed by atoms with van der Waals surface area (Å²) in [5, 5.41) is 0. The lowest BCUT2D eigenvalue weighted by atomic mass is 9.84. The van der Waals surface area contributed by atoms with Gasteiger partial charge in [0, 0.05) is 5.56 Å². The first-order valence-electron chi connectivity index (χ1n) is 7.44. The number of carbonyl (C=O) groups excluding carboxylic acids is 2. The molecule has 1 fully saturated rings. The molecule has 1 aliphatic carbocycles. The minimum absolute atomic E-state index is 0.00117. The highest BCUT2D eigenvalue weighted by molar-refractivity contribution is 6.05. The third-order valence-electron chi connectivity index (χ3n) is 4.15. The summed E-state index contributed by atoms with van der Waals surface area (Å²) in [6, 6.07) is 6.88. The maximum absolute atomic E-state index is 12.3. The molecule has 20 heavy (non-hydrogen) atoms. The van der Waals surface area contributed by atoms with E-state index in [-0.39, 0.29) is 17.9 Å². The summed E-state index contributed by atoms with van der Waals surface area (Å²) in [6.45, 7) is 3.61. The zero-order valence-electron chi connectivity index (χ0n) is 12.2. The molecule has 0 bridgehead atoms. The Hall–Kier alpha value is -1.64. The monoisotopic (exact) mass is 274 g/mol. The molecular weight excluding hydrogens is 252 g/mol. The molecule has 1 aliphatic rings. The van der Waals surface area contributed by atoms with Crippen LogP contribution in [0, 0.1) is 5.92 Å². The van der Waals surface area contributed by atoms with E-state index in [0.717, 1.165) is 25.7 Å². The number of ether oxygens (including phenoxy) is 1. The Bertz CT molecular complexity index is 493. The minimum atomic E-state index is -0.360. The van der Waals surface area contributed by atoms with Gasteiger partial charge in [-0.1, -0.05) is 31.5 Å². The molecule has 0 aromatic heterocycles. The van der Waals surface area contributed by atoms with Crippen LogP contribution in [0.4, 0.5) is 0 Å². The number of esters is 1. The average molecular weight is 274 g/mol. The number of Topliss-reactive ketones (excluding diaryl/α,β-unsaturated/α-hetero) is 1. The summed E-state index contributed by atoms with van der Waals surface area (Å²) in [5.41, 5.74) is 0.835. The molecule has 3 nitrogen and oxygen atoms in total. The first-order chi connectivity index (χ1) is 9.63. The van der Waals surface area contributed by atoms with Crippen LogP contribution in [-0.2, 0) is 4.74 Å². The second-order valence-electron chi connectivity index (χ2n) is 5.50. The Morgan fingerprint density at radius 3 is 2.45 bits per heavy atom. The van der Waals surface area contributed by atoms with E-state index in [2.05, 4.69) is 6.92 Å². The number of carbonyl (C=O) groups is 2. The van der Waals surface area contributed by atoms with Crippen LogP contribution in [0.2, 0.25) is 0 Å². The Balaban J connectivity index is 2.13. The van der Waals surface area contributed by atoms with Gasteiger partial charge in [-0.25, -0.2) is 4.79 Å². The highest BCUT2D eigenvalue weighted by Gasteiger charge is 2.28. The minimum Gasteiger partial charge on any atom is -0.458 e. The molecule has 0 saturated heterocycles. The number of ketones is 1. The number of hydrogen-bond acceptors (Lipinski definition) is 3. The Morgan fingerprint density at radius 1 is 1.15 bits per heavy atom. The molecule has 1 aromatic rings. The van der Waals surface area contributed by atoms with Crippen molar-refractivity contribution in [2.75, 3.05) is 0 Å². The van der Waals surface area contributed by atoms with Crippen molar-refractivity contribution in [3.05, 3.63) is 35.4 Å². The predicted octanol–water partition coefficient (Wildman–Crippen LogP) is 4.01. The van der Waals surface area contributed by atoms with Crippen LogP contribution >= 0.6 is 0 Å². The van der Waals surface area contributed by atoms with Crippen LogP contribution in [0.5, 0.6) is 0 Å². The van der Waals surface area contributed by atoms with Crippen LogP contribution < -0.4 is 0 Å². The normalized spacial score (nSPS) is 22.3. The van der Waals surface area contributed by atoms with Crippen LogP contribution in [0.25, 0.3) is 0 Å². The Labute approximate surface area is 120 Å². The number of benzene rings is 1. The Morgan fingerprint density at radius 2 is 1.80 bits per heavy atom. The summed E-state index contributed by atoms with van der Waals surface area (Å²) in [7, 11) is 0. The predicted molar refractivity (Wildman–Crippen MR) is 77.9 cm³/mol. The van der Waals surface area contributed by atoms with Crippen molar-refractivity contribution in [2.45, 2.75) is 52.1 Å². The maximum Gasteiger partial charge on any atom is 0.339 e. The fraction of sp³-hybridized carbons (Fsp3) is 0.529. The van der Waals surface area contributed by atoms with Crippen molar-refractivity contribution >= 4 is 11.8 Å². The van der Waals surface area contributed by atoms with Crippen LogP contribution in [0.1, 0.15) is 66.7 Å². The zero-order valence-corrected chi connectivity index (χ0v) is 12.2. The molecule has 0 N–H and O–H groups in total. The molecule has 0 aliphatic heterocycles. The average Bonchev–Trinajstić information content (AvgIpc) is 2.47. The van der Waals surface area contributed by atoms with Gasteiger partial charge in [-0.2, -0.15) is 0 Å². The van der Waals surface area contributed by atoms with Gasteiger partial charge in [0.15, 0.2) is 5.78 Å². The molecule has 1 aromatic carbocycles. The molecule has 0 radical (unpaired) electrons. The summed E-state index contributed by atoms with van der Waals surface area (Å²) in [4.78, 5) is 23.9. The van der Waals surface area contributed by atoms with Crippen molar-refractivity contribution in [1.29, 1.82) is 0 Å². The molecule has 3 heteroatoms. The molecule has 108 valence electrons. The van der Waals surface area contributed by atoms with E-state index in [9.17, 15) is 9.59 Å². The van der Waals surface area contributed by atoms with Crippen molar-refractivity contribution in [3.8, 4) is 0 Å². The zero-order chi connectivity index (χ0) is 14.5. The van der Waals surface area contributed by atoms with E-state index in [1.54, 1.807) is 24.3 Å². The van der Waals surface area contributed by atoms with E-state index in [1.807, 2.05) is 0 Å². The lowest BCUT2D eigenvalue weighted by molar-refractivity contribution is 0.000576. The molecule has 0 heterocycles. The summed E-state index contributed by atoms with van der Waals surface area (Å²) in [6.07, 6.45) is 5.43. The third kappa shape index (κ3) is 3.27. The standard InChI is InChI=1S/C17H22O3/c1-3-13-8-4-7-11-16(13)20-17(19)15-10-6-5-9-14(15)12(2)18/h5-6,9-10,13,16H,3-4,7-8,11H2,1-2H3. The lowest BCUT2D eigenvalue weighted by Crippen LogP contribution is -2.30. The van der Waals surface area contributed by atoms with E-state index < -0.39 is 0 Å². The van der Waals surface area contributed by atoms with Crippen LogP contribution in [0.15, 0.2) is 24.3 Å². The van der Waals surface area contributed by atoms with Crippen molar-refractivity contribution in [2.24, 2.45) is 5.92 Å². The third-order valence-corrected chi connectivity index (χ3v) is 4.15. The van der Waals surface area contributed by atoms with E-state index >= 15 is 0 Å². The molecule has 2 atom stereocenters. The van der Waals surface area contributed by atoms with Gasteiger partial charge < -0.3 is 4.74 Å². The number of hydrogen-bond donors (Lipinski definition) is 0. The van der Waals surface area contributed by atoms with E-state index in [1.165, 1.54) is 13.3 Å². The van der Waals surface area contributed by atoms with Gasteiger partial charge in [0.2, 0.25) is 0 Å². The van der Waals surface area contributed by atoms with Crippen molar-refractivity contribution in [3.63, 3.8) is 0 Å². The highest BCUT2D eigenvalue weighted by atomic mass is 16.5. The van der Waals surface area contributed by atoms with Crippen LogP contribution in [-0.4, -0.2) is 17.9 Å². The molecule has 0 spiro atoms. The van der Waals surface area contributed by atoms with Crippen molar-refractivity contribution in [1.82, 2.24) is 0 Å². The van der Waals surface area contributed by atoms with Gasteiger partial charge in [-0.15, -0.1) is 0 Å². The lowest BCUT2D eigenvalue weighted by Gasteiger charge is -2.30. The van der Waals surface area contributed by atoms with Crippen LogP contribution in [0.3, 0.4) is 0 Å². The Kier molecular flexibility index (Phi) is 4.94.